The van der Waals surface area contributed by atoms with Crippen LogP contribution in [0, 0.1) is 5.41 Å². The van der Waals surface area contributed by atoms with Gasteiger partial charge in [-0.2, -0.15) is 0 Å². The Labute approximate surface area is 134 Å². The number of rotatable bonds is 4. The van der Waals surface area contributed by atoms with Crippen LogP contribution < -0.4 is 10.1 Å². The minimum Gasteiger partial charge on any atom is -0.497 e. The lowest BCUT2D eigenvalue weighted by molar-refractivity contribution is 0.344. The van der Waals surface area contributed by atoms with Crippen molar-refractivity contribution in [3.05, 3.63) is 46.7 Å². The lowest BCUT2D eigenvalue weighted by Crippen LogP contribution is -2.26. The molecule has 1 atom stereocenters. The van der Waals surface area contributed by atoms with Crippen molar-refractivity contribution in [2.45, 2.75) is 26.8 Å². The van der Waals surface area contributed by atoms with Crippen LogP contribution in [0.2, 0.25) is 0 Å². The van der Waals surface area contributed by atoms with Gasteiger partial charge in [-0.05, 0) is 39.0 Å². The zero-order valence-electron chi connectivity index (χ0n) is 12.7. The summed E-state index contributed by atoms with van der Waals surface area (Å²) in [5.41, 5.74) is 1.15. The quantitative estimate of drug-likeness (QED) is 0.885. The molecule has 112 valence electrons. The molecular formula is C16H20BrN3O. The monoisotopic (exact) mass is 349 g/mol. The smallest absolute Gasteiger partial charge is 0.223 e. The van der Waals surface area contributed by atoms with Crippen LogP contribution in [0.4, 0.5) is 5.95 Å². The van der Waals surface area contributed by atoms with Gasteiger partial charge in [0.25, 0.3) is 0 Å². The molecule has 4 nitrogen and oxygen atoms in total. The van der Waals surface area contributed by atoms with Gasteiger partial charge in [0.2, 0.25) is 5.95 Å². The first kappa shape index (κ1) is 15.8. The van der Waals surface area contributed by atoms with Crippen molar-refractivity contribution < 1.29 is 4.74 Å². The molecule has 0 saturated carbocycles. The first-order valence-corrected chi connectivity index (χ1v) is 7.57. The van der Waals surface area contributed by atoms with Gasteiger partial charge in [0, 0.05) is 12.4 Å². The molecule has 0 radical (unpaired) electrons. The van der Waals surface area contributed by atoms with Gasteiger partial charge in [0.1, 0.15) is 5.75 Å². The van der Waals surface area contributed by atoms with E-state index in [2.05, 4.69) is 58.1 Å². The minimum absolute atomic E-state index is 0.00278. The number of nitrogens with one attached hydrogen (secondary N) is 1. The maximum Gasteiger partial charge on any atom is 0.223 e. The summed E-state index contributed by atoms with van der Waals surface area (Å²) in [6.45, 7) is 6.55. The number of anilines is 1. The van der Waals surface area contributed by atoms with Crippen LogP contribution in [0.25, 0.3) is 0 Å². The maximum absolute atomic E-state index is 5.32. The highest BCUT2D eigenvalue weighted by molar-refractivity contribution is 9.10. The topological polar surface area (TPSA) is 47.0 Å². The van der Waals surface area contributed by atoms with Crippen LogP contribution in [0.15, 0.2) is 41.1 Å². The van der Waals surface area contributed by atoms with Crippen LogP contribution in [0.5, 0.6) is 5.75 Å². The van der Waals surface area contributed by atoms with E-state index >= 15 is 0 Å². The number of hydrogen-bond acceptors (Lipinski definition) is 4. The van der Waals surface area contributed by atoms with E-state index in [9.17, 15) is 0 Å². The Hall–Kier alpha value is -1.62. The van der Waals surface area contributed by atoms with Crippen molar-refractivity contribution >= 4 is 21.9 Å². The summed E-state index contributed by atoms with van der Waals surface area (Å²) in [6.07, 6.45) is 3.47. The van der Waals surface area contributed by atoms with Gasteiger partial charge in [0.15, 0.2) is 0 Å². The predicted molar refractivity (Wildman–Crippen MR) is 88.5 cm³/mol. The molecule has 0 aliphatic carbocycles. The van der Waals surface area contributed by atoms with E-state index in [4.69, 9.17) is 4.74 Å². The third-order valence-electron chi connectivity index (χ3n) is 3.19. The molecule has 0 aliphatic rings. The van der Waals surface area contributed by atoms with Crippen molar-refractivity contribution in [2.24, 2.45) is 5.41 Å². The van der Waals surface area contributed by atoms with E-state index in [0.29, 0.717) is 5.95 Å². The first-order valence-electron chi connectivity index (χ1n) is 6.78. The summed E-state index contributed by atoms with van der Waals surface area (Å²) in [5, 5.41) is 3.42. The second kappa shape index (κ2) is 6.43. The summed E-state index contributed by atoms with van der Waals surface area (Å²) in [5.74, 6) is 1.46. The molecule has 0 spiro atoms. The summed E-state index contributed by atoms with van der Waals surface area (Å²) in [4.78, 5) is 8.60. The molecular weight excluding hydrogens is 330 g/mol. The molecule has 1 N–H and O–H groups in total. The molecule has 1 heterocycles. The van der Waals surface area contributed by atoms with Gasteiger partial charge in [-0.15, -0.1) is 0 Å². The van der Waals surface area contributed by atoms with Crippen molar-refractivity contribution in [1.29, 1.82) is 0 Å². The molecule has 21 heavy (non-hydrogen) atoms. The van der Waals surface area contributed by atoms with E-state index < -0.39 is 0 Å². The molecule has 2 aromatic rings. The average molecular weight is 350 g/mol. The van der Waals surface area contributed by atoms with Crippen LogP contribution in [-0.4, -0.2) is 17.1 Å². The zero-order chi connectivity index (χ0) is 15.5. The molecule has 5 heteroatoms. The normalized spacial score (nSPS) is 12.8. The van der Waals surface area contributed by atoms with Gasteiger partial charge in [0.05, 0.1) is 17.6 Å². The Balaban J connectivity index is 2.32. The predicted octanol–water partition coefficient (Wildman–Crippen LogP) is 4.45. The van der Waals surface area contributed by atoms with Crippen LogP contribution in [-0.2, 0) is 0 Å². The van der Waals surface area contributed by atoms with Crippen molar-refractivity contribution in [3.63, 3.8) is 0 Å². The summed E-state index contributed by atoms with van der Waals surface area (Å²) in [6, 6.07) is 8.15. The fraction of sp³-hybridized carbons (Fsp3) is 0.375. The maximum atomic E-state index is 5.32. The lowest BCUT2D eigenvalue weighted by atomic mass is 9.82. The summed E-state index contributed by atoms with van der Waals surface area (Å²) >= 11 is 3.35. The average Bonchev–Trinajstić information content (AvgIpc) is 2.45. The highest BCUT2D eigenvalue weighted by Crippen LogP contribution is 2.36. The van der Waals surface area contributed by atoms with Crippen molar-refractivity contribution in [3.8, 4) is 5.75 Å². The summed E-state index contributed by atoms with van der Waals surface area (Å²) < 4.78 is 6.18. The SMILES string of the molecule is COc1cccc([C@@H](Nc2ncc(Br)cn2)C(C)(C)C)c1. The second-order valence-electron chi connectivity index (χ2n) is 5.94. The Morgan fingerprint density at radius 3 is 2.43 bits per heavy atom. The van der Waals surface area contributed by atoms with Gasteiger partial charge < -0.3 is 10.1 Å². The van der Waals surface area contributed by atoms with E-state index in [0.717, 1.165) is 15.8 Å². The van der Waals surface area contributed by atoms with E-state index in [1.807, 2.05) is 18.2 Å². The number of aromatic nitrogens is 2. The highest BCUT2D eigenvalue weighted by Gasteiger charge is 2.27. The highest BCUT2D eigenvalue weighted by atomic mass is 79.9. The van der Waals surface area contributed by atoms with Gasteiger partial charge in [-0.25, -0.2) is 9.97 Å². The molecule has 0 saturated heterocycles. The number of hydrogen-bond donors (Lipinski definition) is 1. The minimum atomic E-state index is 0.00278. The largest absolute Gasteiger partial charge is 0.497 e. The van der Waals surface area contributed by atoms with Crippen LogP contribution >= 0.6 is 15.9 Å². The Morgan fingerprint density at radius 1 is 1.19 bits per heavy atom. The number of benzene rings is 1. The third-order valence-corrected chi connectivity index (χ3v) is 3.60. The zero-order valence-corrected chi connectivity index (χ0v) is 14.3. The molecule has 0 unspecified atom stereocenters. The molecule has 1 aromatic carbocycles. The molecule has 0 fully saturated rings. The van der Waals surface area contributed by atoms with E-state index in [-0.39, 0.29) is 11.5 Å². The van der Waals surface area contributed by atoms with E-state index in [1.165, 1.54) is 0 Å². The number of halogens is 1. The van der Waals surface area contributed by atoms with Gasteiger partial charge >= 0.3 is 0 Å². The van der Waals surface area contributed by atoms with Gasteiger partial charge in [-0.1, -0.05) is 32.9 Å². The van der Waals surface area contributed by atoms with Gasteiger partial charge in [-0.3, -0.25) is 0 Å². The van der Waals surface area contributed by atoms with Crippen molar-refractivity contribution in [2.75, 3.05) is 12.4 Å². The van der Waals surface area contributed by atoms with Crippen molar-refractivity contribution in [1.82, 2.24) is 9.97 Å². The number of methoxy groups -OCH3 is 1. The third kappa shape index (κ3) is 4.17. The Kier molecular flexibility index (Phi) is 4.83. The molecule has 0 bridgehead atoms. The van der Waals surface area contributed by atoms with E-state index in [1.54, 1.807) is 19.5 Å². The fourth-order valence-corrected chi connectivity index (χ4v) is 2.34. The molecule has 0 amide bonds. The lowest BCUT2D eigenvalue weighted by Gasteiger charge is -2.32. The molecule has 2 rings (SSSR count). The second-order valence-corrected chi connectivity index (χ2v) is 6.86. The van der Waals surface area contributed by atoms with Crippen LogP contribution in [0.1, 0.15) is 32.4 Å². The number of nitrogens with zero attached hydrogens (tertiary/aromatic N) is 2. The molecule has 1 aromatic heterocycles. The Morgan fingerprint density at radius 2 is 1.86 bits per heavy atom. The first-order chi connectivity index (χ1) is 9.90. The number of ether oxygens (including phenoxy) is 1. The fourth-order valence-electron chi connectivity index (χ4n) is 2.14. The standard InChI is InChI=1S/C16H20BrN3O/c1-16(2,3)14(11-6-5-7-13(8-11)21-4)20-15-18-9-12(17)10-19-15/h5-10,14H,1-4H3,(H,18,19,20)/t14-/m1/s1. The molecule has 0 aliphatic heterocycles. The summed E-state index contributed by atoms with van der Waals surface area (Å²) in [7, 11) is 1.68. The Bertz CT molecular complexity index is 593. The van der Waals surface area contributed by atoms with Crippen LogP contribution in [0.3, 0.4) is 0 Å².